The van der Waals surface area contributed by atoms with Gasteiger partial charge in [0.1, 0.15) is 25.4 Å². The fourth-order valence-electron chi connectivity index (χ4n) is 5.46. The van der Waals surface area contributed by atoms with Crippen molar-refractivity contribution in [2.24, 2.45) is 47.3 Å². The highest BCUT2D eigenvalue weighted by Crippen LogP contribution is 2.37. The van der Waals surface area contributed by atoms with E-state index in [2.05, 4.69) is 0 Å². The predicted molar refractivity (Wildman–Crippen MR) is 218 cm³/mol. The summed E-state index contributed by atoms with van der Waals surface area (Å²) in [5.41, 5.74) is 0. The van der Waals surface area contributed by atoms with E-state index in [-0.39, 0.29) is 0 Å². The highest BCUT2D eigenvalue weighted by molar-refractivity contribution is 5.75. The zero-order valence-electron chi connectivity index (χ0n) is 39.6. The quantitative estimate of drug-likeness (QED) is 0.123. The van der Waals surface area contributed by atoms with Crippen molar-refractivity contribution in [2.45, 2.75) is 172 Å². The van der Waals surface area contributed by atoms with Crippen LogP contribution < -0.4 is 0 Å². The van der Waals surface area contributed by atoms with Crippen LogP contribution in [0.3, 0.4) is 0 Å². The Hall–Kier alpha value is -4.36. The molecule has 63 heavy (non-hydrogen) atoms. The molecule has 10 atom stereocenters. The van der Waals surface area contributed by atoms with E-state index in [4.69, 9.17) is 52.1 Å². The first-order chi connectivity index (χ1) is 29.2. The molecule has 19 nitrogen and oxygen atoms in total. The van der Waals surface area contributed by atoms with Gasteiger partial charge in [0.2, 0.25) is 12.6 Å². The summed E-state index contributed by atoms with van der Waals surface area (Å²) in [7, 11) is 0. The molecule has 8 unspecified atom stereocenters. The molecule has 2 aliphatic rings. The first-order valence-corrected chi connectivity index (χ1v) is 21.7. The molecule has 0 bridgehead atoms. The van der Waals surface area contributed by atoms with Crippen LogP contribution in [0.25, 0.3) is 0 Å². The van der Waals surface area contributed by atoms with Gasteiger partial charge in [0.05, 0.1) is 47.3 Å². The second-order valence-electron chi connectivity index (χ2n) is 18.1. The van der Waals surface area contributed by atoms with Crippen LogP contribution in [0, 0.1) is 47.3 Å². The number of carbonyl (C=O) groups is 8. The summed E-state index contributed by atoms with van der Waals surface area (Å²) in [5.74, 6) is -11.9. The second kappa shape index (κ2) is 24.6. The van der Waals surface area contributed by atoms with Crippen molar-refractivity contribution in [2.75, 3.05) is 13.2 Å². The van der Waals surface area contributed by atoms with Crippen molar-refractivity contribution >= 4 is 47.8 Å². The fraction of sp³-hybridized carbons (Fsp3) is 0.818. The van der Waals surface area contributed by atoms with E-state index in [1.54, 1.807) is 83.1 Å². The first kappa shape index (κ1) is 54.8. The van der Waals surface area contributed by atoms with Gasteiger partial charge >= 0.3 is 47.8 Å². The van der Waals surface area contributed by atoms with Gasteiger partial charge in [0.25, 0.3) is 0 Å². The highest BCUT2D eigenvalue weighted by Gasteiger charge is 2.59. The van der Waals surface area contributed by atoms with Crippen molar-refractivity contribution < 1.29 is 90.5 Å². The van der Waals surface area contributed by atoms with Gasteiger partial charge in [0.15, 0.2) is 36.6 Å². The van der Waals surface area contributed by atoms with Crippen LogP contribution in [0.2, 0.25) is 0 Å². The van der Waals surface area contributed by atoms with Gasteiger partial charge in [-0.3, -0.25) is 38.4 Å². The third kappa shape index (κ3) is 16.0. The maximum Gasteiger partial charge on any atom is 0.308 e. The Bertz CT molecular complexity index is 1470. The molecule has 2 rings (SSSR count). The molecule has 0 aromatic heterocycles. The van der Waals surface area contributed by atoms with Crippen molar-refractivity contribution in [1.29, 1.82) is 0 Å². The number of rotatable bonds is 20. The van der Waals surface area contributed by atoms with Gasteiger partial charge in [-0.25, -0.2) is 0 Å². The van der Waals surface area contributed by atoms with Gasteiger partial charge in [-0.15, -0.1) is 0 Å². The third-order valence-corrected chi connectivity index (χ3v) is 9.52. The molecule has 0 spiro atoms. The van der Waals surface area contributed by atoms with E-state index >= 15 is 0 Å². The van der Waals surface area contributed by atoms with E-state index in [0.29, 0.717) is 0 Å². The van der Waals surface area contributed by atoms with E-state index in [1.165, 1.54) is 27.7 Å². The molecular weight excluding hydrogens is 832 g/mol. The summed E-state index contributed by atoms with van der Waals surface area (Å²) in [4.78, 5) is 106. The molecule has 2 aliphatic heterocycles. The largest absolute Gasteiger partial charge is 0.463 e. The molecule has 0 amide bonds. The number of esters is 8. The molecule has 2 fully saturated rings. The minimum atomic E-state index is -1.89. The zero-order valence-corrected chi connectivity index (χ0v) is 39.6. The van der Waals surface area contributed by atoms with Gasteiger partial charge < -0.3 is 52.1 Å². The summed E-state index contributed by atoms with van der Waals surface area (Å²) in [5, 5.41) is 0. The van der Waals surface area contributed by atoms with Crippen LogP contribution in [0.15, 0.2) is 0 Å². The summed E-state index contributed by atoms with van der Waals surface area (Å²) in [6, 6.07) is 0. The van der Waals surface area contributed by atoms with Gasteiger partial charge in [0, 0.05) is 0 Å². The minimum Gasteiger partial charge on any atom is -0.463 e. The lowest BCUT2D eigenvalue weighted by molar-refractivity contribution is -0.378. The Morgan fingerprint density at radius 2 is 0.524 bits per heavy atom. The highest BCUT2D eigenvalue weighted by atomic mass is 16.8. The van der Waals surface area contributed by atoms with Crippen LogP contribution in [-0.2, 0) is 90.5 Å². The number of hydrogen-bond acceptors (Lipinski definition) is 19. The summed E-state index contributed by atoms with van der Waals surface area (Å²) >= 11 is 0. The number of ether oxygens (including phenoxy) is 11. The van der Waals surface area contributed by atoms with Crippen molar-refractivity contribution in [1.82, 2.24) is 0 Å². The van der Waals surface area contributed by atoms with Gasteiger partial charge in [-0.05, 0) is 0 Å². The zero-order chi connectivity index (χ0) is 48.2. The standard InChI is InChI=1S/C44H70O19/c1-19(2)35(45)53-17-27-29(57-37(47)21(5)6)31(59-39(49)23(9)10)33(61-41(51)25(13)14)43(55-27)63-44-34(62-42(52)26(15)16)32(60-40(50)24(11)12)30(58-38(48)22(7)8)28(56-44)18-54-36(46)20(3)4/h19-34,43-44H,17-18H2,1-16H3/t27-,28?,29?,30?,31?,32?,33?,34?,43+,44?/m1/s1. The summed E-state index contributed by atoms with van der Waals surface area (Å²) in [6.45, 7) is 23.7. The van der Waals surface area contributed by atoms with E-state index in [1.807, 2.05) is 0 Å². The van der Waals surface area contributed by atoms with Crippen LogP contribution >= 0.6 is 0 Å². The molecule has 0 saturated carbocycles. The third-order valence-electron chi connectivity index (χ3n) is 9.52. The molecule has 2 heterocycles. The van der Waals surface area contributed by atoms with Gasteiger partial charge in [-0.2, -0.15) is 0 Å². The van der Waals surface area contributed by atoms with Crippen molar-refractivity contribution in [3.63, 3.8) is 0 Å². The Morgan fingerprint density at radius 1 is 0.317 bits per heavy atom. The normalized spacial score (nSPS) is 26.2. The SMILES string of the molecule is CC(C)C(=O)OCC1OC(O[C@@H]2O[C@H](COC(=O)C(C)C)C(OC(=O)C(C)C)C(OC(=O)C(C)C)C2OC(=O)C(C)C)C(OC(=O)C(C)C)C(OC(=O)C(C)C)C1OC(=O)C(C)C. The lowest BCUT2D eigenvalue weighted by Crippen LogP contribution is -2.67. The first-order valence-electron chi connectivity index (χ1n) is 21.7. The topological polar surface area (TPSA) is 238 Å². The summed E-state index contributed by atoms with van der Waals surface area (Å²) < 4.78 is 65.9. The molecule has 0 N–H and O–H groups in total. The molecule has 0 aliphatic carbocycles. The Balaban J connectivity index is 3.00. The average Bonchev–Trinajstić information content (AvgIpc) is 3.19. The van der Waals surface area contributed by atoms with Crippen LogP contribution in [-0.4, -0.2) is 122 Å². The molecular formula is C44H70O19. The summed E-state index contributed by atoms with van der Waals surface area (Å²) in [6.07, 6.45) is -16.8. The Labute approximate surface area is 370 Å². The molecule has 2 saturated heterocycles. The maximum absolute atomic E-state index is 13.5. The smallest absolute Gasteiger partial charge is 0.308 e. The number of carbonyl (C=O) groups excluding carboxylic acids is 8. The fourth-order valence-corrected chi connectivity index (χ4v) is 5.46. The maximum atomic E-state index is 13.5. The molecule has 0 aromatic carbocycles. The molecule has 19 heteroatoms. The van der Waals surface area contributed by atoms with Crippen molar-refractivity contribution in [3.05, 3.63) is 0 Å². The predicted octanol–water partition coefficient (Wildman–Crippen LogP) is 4.26. The average molecular weight is 903 g/mol. The lowest BCUT2D eigenvalue weighted by Gasteiger charge is -2.48. The number of hydrogen-bond donors (Lipinski definition) is 0. The van der Waals surface area contributed by atoms with Gasteiger partial charge in [-0.1, -0.05) is 111 Å². The Morgan fingerprint density at radius 3 is 0.746 bits per heavy atom. The van der Waals surface area contributed by atoms with Crippen LogP contribution in [0.1, 0.15) is 111 Å². The van der Waals surface area contributed by atoms with E-state index in [0.717, 1.165) is 0 Å². The minimum absolute atomic E-state index is 0.597. The Kier molecular flexibility index (Phi) is 21.4. The molecule has 0 aromatic rings. The molecule has 360 valence electrons. The molecule has 0 radical (unpaired) electrons. The van der Waals surface area contributed by atoms with Crippen LogP contribution in [0.4, 0.5) is 0 Å². The lowest BCUT2D eigenvalue weighted by atomic mass is 9.96. The van der Waals surface area contributed by atoms with Crippen molar-refractivity contribution in [3.8, 4) is 0 Å². The van der Waals surface area contributed by atoms with E-state index in [9.17, 15) is 38.4 Å². The monoisotopic (exact) mass is 902 g/mol. The van der Waals surface area contributed by atoms with E-state index < -0.39 is 170 Å². The van der Waals surface area contributed by atoms with Crippen LogP contribution in [0.5, 0.6) is 0 Å². The second-order valence-corrected chi connectivity index (χ2v) is 18.1.